The van der Waals surface area contributed by atoms with E-state index >= 15 is 0 Å². The maximum absolute atomic E-state index is 8.50. The van der Waals surface area contributed by atoms with Gasteiger partial charge in [-0.2, -0.15) is 5.26 Å². The average Bonchev–Trinajstić information content (AvgIpc) is 2.66. The molecule has 2 aliphatic rings. The van der Waals surface area contributed by atoms with Crippen molar-refractivity contribution in [2.75, 3.05) is 0 Å². The smallest absolute Gasteiger partial charge is 0.0912 e. The summed E-state index contributed by atoms with van der Waals surface area (Å²) in [6.07, 6.45) is 28.2. The molecule has 0 heterocycles. The molecule has 0 aromatic rings. The molecule has 2 rings (SSSR count). The van der Waals surface area contributed by atoms with Crippen LogP contribution in [0.5, 0.6) is 0 Å². The Morgan fingerprint density at radius 2 is 1.32 bits per heavy atom. The Labute approximate surface area is 156 Å². The van der Waals surface area contributed by atoms with Gasteiger partial charge in [0.25, 0.3) is 0 Å². The van der Waals surface area contributed by atoms with Gasteiger partial charge in [0.2, 0.25) is 0 Å². The molecule has 2 fully saturated rings. The molecule has 1 heteroatoms. The van der Waals surface area contributed by atoms with Crippen molar-refractivity contribution in [3.05, 3.63) is 24.3 Å². The molecule has 140 valence electrons. The van der Waals surface area contributed by atoms with Gasteiger partial charge < -0.3 is 0 Å². The van der Waals surface area contributed by atoms with Crippen LogP contribution in [0, 0.1) is 35.0 Å². The van der Waals surface area contributed by atoms with Crippen LogP contribution in [0.1, 0.15) is 96.8 Å². The number of nitriles is 1. The molecule has 0 aromatic carbocycles. The average molecular weight is 342 g/mol. The summed E-state index contributed by atoms with van der Waals surface area (Å²) in [4.78, 5) is 0. The predicted octanol–water partition coefficient (Wildman–Crippen LogP) is 7.60. The van der Waals surface area contributed by atoms with E-state index in [1.807, 2.05) is 12.1 Å². The molecule has 0 aromatic heterocycles. The number of hydrogen-bond acceptors (Lipinski definition) is 1. The van der Waals surface area contributed by atoms with Gasteiger partial charge in [0, 0.05) is 6.08 Å². The first-order valence-corrected chi connectivity index (χ1v) is 11.0. The van der Waals surface area contributed by atoms with Crippen LogP contribution in [-0.4, -0.2) is 0 Å². The predicted molar refractivity (Wildman–Crippen MR) is 108 cm³/mol. The van der Waals surface area contributed by atoms with Crippen molar-refractivity contribution in [1.29, 1.82) is 5.26 Å². The maximum atomic E-state index is 8.50. The number of nitrogens with zero attached hydrogens (tertiary/aromatic N) is 1. The molecule has 0 radical (unpaired) electrons. The summed E-state index contributed by atoms with van der Waals surface area (Å²) in [6.45, 7) is 2.31. The van der Waals surface area contributed by atoms with E-state index in [0.717, 1.165) is 23.7 Å². The minimum Gasteiger partial charge on any atom is -0.193 e. The largest absolute Gasteiger partial charge is 0.193 e. The quantitative estimate of drug-likeness (QED) is 0.241. The number of rotatable bonds is 9. The van der Waals surface area contributed by atoms with E-state index in [-0.39, 0.29) is 0 Å². The first-order chi connectivity index (χ1) is 12.3. The van der Waals surface area contributed by atoms with Gasteiger partial charge in [-0.25, -0.2) is 0 Å². The first kappa shape index (κ1) is 20.3. The van der Waals surface area contributed by atoms with Gasteiger partial charge in [0.15, 0.2) is 0 Å². The lowest BCUT2D eigenvalue weighted by Crippen LogP contribution is -2.17. The zero-order valence-electron chi connectivity index (χ0n) is 16.5. The topological polar surface area (TPSA) is 23.8 Å². The zero-order chi connectivity index (χ0) is 17.7. The third kappa shape index (κ3) is 8.26. The monoisotopic (exact) mass is 341 g/mol. The molecular weight excluding hydrogens is 302 g/mol. The van der Waals surface area contributed by atoms with Gasteiger partial charge in [-0.05, 0) is 49.4 Å². The van der Waals surface area contributed by atoms with Crippen LogP contribution < -0.4 is 0 Å². The van der Waals surface area contributed by atoms with Crippen LogP contribution in [0.2, 0.25) is 0 Å². The number of allylic oxidation sites excluding steroid dienone is 4. The lowest BCUT2D eigenvalue weighted by molar-refractivity contribution is 0.219. The van der Waals surface area contributed by atoms with Crippen molar-refractivity contribution in [3.8, 4) is 6.07 Å². The van der Waals surface area contributed by atoms with Crippen LogP contribution in [0.15, 0.2) is 24.3 Å². The molecule has 0 spiro atoms. The molecule has 0 unspecified atom stereocenters. The minimum atomic E-state index is 0.748. The molecule has 1 nitrogen and oxygen atoms in total. The summed E-state index contributed by atoms with van der Waals surface area (Å²) in [5, 5.41) is 8.50. The standard InChI is InChI=1S/C24H39N/c1-2-3-5-8-21-10-14-23(15-11-21)18-19-24-16-12-22(13-17-24)9-6-4-7-20-25/h4,6-7,9,21-24H,2-3,5,8,10-19H2,1H3/t21-,22?,23-,24?. The zero-order valence-corrected chi connectivity index (χ0v) is 16.5. The van der Waals surface area contributed by atoms with E-state index in [4.69, 9.17) is 5.26 Å². The Hall–Kier alpha value is -1.03. The van der Waals surface area contributed by atoms with Crippen molar-refractivity contribution in [2.24, 2.45) is 23.7 Å². The van der Waals surface area contributed by atoms with E-state index < -0.39 is 0 Å². The molecule has 25 heavy (non-hydrogen) atoms. The normalized spacial score (nSPS) is 30.7. The van der Waals surface area contributed by atoms with Gasteiger partial charge in [0.1, 0.15) is 0 Å². The lowest BCUT2D eigenvalue weighted by Gasteiger charge is -2.31. The second-order valence-corrected chi connectivity index (χ2v) is 8.61. The van der Waals surface area contributed by atoms with Crippen LogP contribution >= 0.6 is 0 Å². The number of hydrogen-bond donors (Lipinski definition) is 0. The molecule has 0 N–H and O–H groups in total. The van der Waals surface area contributed by atoms with Crippen LogP contribution in [-0.2, 0) is 0 Å². The van der Waals surface area contributed by atoms with Crippen molar-refractivity contribution >= 4 is 0 Å². The second kappa shape index (κ2) is 12.3. The number of unbranched alkanes of at least 4 members (excludes halogenated alkanes) is 2. The highest BCUT2D eigenvalue weighted by Crippen LogP contribution is 2.38. The summed E-state index contributed by atoms with van der Waals surface area (Å²) in [5.41, 5.74) is 0. The Kier molecular flexibility index (Phi) is 10.0. The van der Waals surface area contributed by atoms with Crippen molar-refractivity contribution in [3.63, 3.8) is 0 Å². The van der Waals surface area contributed by atoms with E-state index in [9.17, 15) is 0 Å². The van der Waals surface area contributed by atoms with Crippen LogP contribution in [0.25, 0.3) is 0 Å². The van der Waals surface area contributed by atoms with E-state index in [2.05, 4.69) is 19.1 Å². The fourth-order valence-corrected chi connectivity index (χ4v) is 4.95. The van der Waals surface area contributed by atoms with E-state index in [0.29, 0.717) is 0 Å². The summed E-state index contributed by atoms with van der Waals surface area (Å²) >= 11 is 0. The molecular formula is C24H39N. The minimum absolute atomic E-state index is 0.748. The molecule has 0 saturated heterocycles. The highest BCUT2D eigenvalue weighted by molar-refractivity contribution is 5.12. The summed E-state index contributed by atoms with van der Waals surface area (Å²) in [5.74, 6) is 3.83. The van der Waals surface area contributed by atoms with Gasteiger partial charge >= 0.3 is 0 Å². The highest BCUT2D eigenvalue weighted by atomic mass is 14.3. The van der Waals surface area contributed by atoms with Gasteiger partial charge in [0.05, 0.1) is 6.07 Å². The van der Waals surface area contributed by atoms with E-state index in [1.54, 1.807) is 6.08 Å². The molecule has 0 atom stereocenters. The SMILES string of the molecule is CCCCC[C@H]1CC[C@H](CCC2CCC(C=CC=CC#N)CC2)CC1. The molecule has 2 saturated carbocycles. The summed E-state index contributed by atoms with van der Waals surface area (Å²) in [6, 6.07) is 2.04. The fraction of sp³-hybridized carbons (Fsp3) is 0.792. The Morgan fingerprint density at radius 1 is 0.760 bits per heavy atom. The molecule has 0 aliphatic heterocycles. The Morgan fingerprint density at radius 3 is 1.88 bits per heavy atom. The lowest BCUT2D eigenvalue weighted by atomic mass is 9.75. The maximum Gasteiger partial charge on any atom is 0.0912 e. The van der Waals surface area contributed by atoms with Crippen LogP contribution in [0.3, 0.4) is 0 Å². The second-order valence-electron chi connectivity index (χ2n) is 8.61. The third-order valence-electron chi connectivity index (χ3n) is 6.72. The van der Waals surface area contributed by atoms with Gasteiger partial charge in [-0.3, -0.25) is 0 Å². The van der Waals surface area contributed by atoms with Gasteiger partial charge in [-0.15, -0.1) is 0 Å². The van der Waals surface area contributed by atoms with E-state index in [1.165, 1.54) is 89.9 Å². The van der Waals surface area contributed by atoms with Crippen molar-refractivity contribution < 1.29 is 0 Å². The third-order valence-corrected chi connectivity index (χ3v) is 6.72. The van der Waals surface area contributed by atoms with Crippen molar-refractivity contribution in [1.82, 2.24) is 0 Å². The summed E-state index contributed by atoms with van der Waals surface area (Å²) < 4.78 is 0. The Balaban J connectivity index is 1.54. The highest BCUT2D eigenvalue weighted by Gasteiger charge is 2.23. The fourth-order valence-electron chi connectivity index (χ4n) is 4.95. The van der Waals surface area contributed by atoms with Gasteiger partial charge in [-0.1, -0.05) is 89.4 Å². The molecule has 2 aliphatic carbocycles. The van der Waals surface area contributed by atoms with Crippen molar-refractivity contribution in [2.45, 2.75) is 96.8 Å². The summed E-state index contributed by atoms with van der Waals surface area (Å²) in [7, 11) is 0. The Bertz CT molecular complexity index is 426. The molecule has 0 bridgehead atoms. The van der Waals surface area contributed by atoms with Crippen LogP contribution in [0.4, 0.5) is 0 Å². The molecule has 0 amide bonds. The first-order valence-electron chi connectivity index (χ1n) is 11.0.